The van der Waals surface area contributed by atoms with Gasteiger partial charge < -0.3 is 5.32 Å². The molecule has 1 aromatic rings. The fourth-order valence-corrected chi connectivity index (χ4v) is 1.80. The fraction of sp³-hybridized carbons (Fsp3) is 0.462. The Kier molecular flexibility index (Phi) is 6.46. The fourth-order valence-electron chi connectivity index (χ4n) is 1.57. The molecule has 19 heavy (non-hydrogen) atoms. The molecule has 1 aromatic heterocycles. The van der Waals surface area contributed by atoms with E-state index in [1.807, 2.05) is 24.8 Å². The van der Waals surface area contributed by atoms with Gasteiger partial charge in [0.15, 0.2) is 0 Å². The zero-order valence-electron chi connectivity index (χ0n) is 11.1. The van der Waals surface area contributed by atoms with Crippen molar-refractivity contribution in [1.29, 1.82) is 5.26 Å². The van der Waals surface area contributed by atoms with Crippen LogP contribution in [0.5, 0.6) is 0 Å². The number of rotatable bonds is 6. The number of pyridine rings is 1. The first kappa shape index (κ1) is 15.6. The van der Waals surface area contributed by atoms with Crippen molar-refractivity contribution in [3.05, 3.63) is 22.8 Å². The molecule has 0 saturated carbocycles. The van der Waals surface area contributed by atoms with Crippen LogP contribution in [0.1, 0.15) is 13.8 Å². The number of halogens is 1. The molecule has 1 N–H and O–H groups in total. The van der Waals surface area contributed by atoms with Crippen molar-refractivity contribution in [3.63, 3.8) is 0 Å². The van der Waals surface area contributed by atoms with E-state index in [4.69, 9.17) is 5.26 Å². The van der Waals surface area contributed by atoms with Gasteiger partial charge in [0, 0.05) is 17.2 Å². The maximum absolute atomic E-state index is 11.8. The van der Waals surface area contributed by atoms with Gasteiger partial charge in [0.05, 0.1) is 18.5 Å². The van der Waals surface area contributed by atoms with Crippen LogP contribution in [0.2, 0.25) is 0 Å². The Morgan fingerprint density at radius 1 is 1.63 bits per heavy atom. The molecular weight excluding hydrogens is 308 g/mol. The summed E-state index contributed by atoms with van der Waals surface area (Å²) in [5.41, 5.74) is 0. The Morgan fingerprint density at radius 3 is 2.89 bits per heavy atom. The van der Waals surface area contributed by atoms with Gasteiger partial charge in [-0.15, -0.1) is 0 Å². The smallest absolute Gasteiger partial charge is 0.239 e. The van der Waals surface area contributed by atoms with Crippen molar-refractivity contribution in [1.82, 2.24) is 9.88 Å². The van der Waals surface area contributed by atoms with E-state index < -0.39 is 0 Å². The number of hydrogen-bond acceptors (Lipinski definition) is 4. The second-order valence-corrected chi connectivity index (χ2v) is 5.18. The minimum absolute atomic E-state index is 0.0847. The average Bonchev–Trinajstić information content (AvgIpc) is 2.40. The summed E-state index contributed by atoms with van der Waals surface area (Å²) in [5, 5.41) is 11.5. The summed E-state index contributed by atoms with van der Waals surface area (Å²) < 4.78 is 0.864. The number of nitrogens with one attached hydrogen (secondary N) is 1. The molecule has 0 radical (unpaired) electrons. The largest absolute Gasteiger partial charge is 0.310 e. The van der Waals surface area contributed by atoms with E-state index in [1.165, 1.54) is 0 Å². The maximum Gasteiger partial charge on any atom is 0.239 e. The number of carbonyl (C=O) groups excluding carboxylic acids is 1. The third-order valence-electron chi connectivity index (χ3n) is 2.56. The molecule has 1 heterocycles. The highest BCUT2D eigenvalue weighted by Gasteiger charge is 2.12. The molecular formula is C13H17BrN4O. The lowest BCUT2D eigenvalue weighted by atomic mass is 10.2. The number of carbonyl (C=O) groups is 1. The highest BCUT2D eigenvalue weighted by Crippen LogP contribution is 2.10. The minimum atomic E-state index is -0.123. The normalized spacial score (nSPS) is 11.9. The monoisotopic (exact) mass is 324 g/mol. The summed E-state index contributed by atoms with van der Waals surface area (Å²) >= 11 is 3.28. The van der Waals surface area contributed by atoms with Gasteiger partial charge in [0.1, 0.15) is 5.82 Å². The molecule has 5 nitrogen and oxygen atoms in total. The highest BCUT2D eigenvalue weighted by molar-refractivity contribution is 9.10. The van der Waals surface area contributed by atoms with Crippen LogP contribution in [0.4, 0.5) is 5.82 Å². The van der Waals surface area contributed by atoms with Gasteiger partial charge in [-0.1, -0.05) is 6.92 Å². The van der Waals surface area contributed by atoms with E-state index in [0.29, 0.717) is 12.4 Å². The van der Waals surface area contributed by atoms with E-state index in [9.17, 15) is 4.79 Å². The number of hydrogen-bond donors (Lipinski definition) is 1. The van der Waals surface area contributed by atoms with Gasteiger partial charge in [-0.05, 0) is 41.5 Å². The van der Waals surface area contributed by atoms with Crippen molar-refractivity contribution in [2.24, 2.45) is 5.92 Å². The summed E-state index contributed by atoms with van der Waals surface area (Å²) in [6.07, 6.45) is 1.63. The molecule has 102 valence electrons. The quantitative estimate of drug-likeness (QED) is 0.871. The third-order valence-corrected chi connectivity index (χ3v) is 3.03. The molecule has 1 unspecified atom stereocenters. The second-order valence-electron chi connectivity index (χ2n) is 4.27. The first-order valence-electron chi connectivity index (χ1n) is 6.08. The van der Waals surface area contributed by atoms with Crippen LogP contribution in [-0.4, -0.2) is 35.4 Å². The zero-order chi connectivity index (χ0) is 14.3. The molecule has 0 bridgehead atoms. The van der Waals surface area contributed by atoms with Crippen LogP contribution in [0.15, 0.2) is 22.8 Å². The molecule has 1 rings (SSSR count). The number of nitrogens with zero attached hydrogens (tertiary/aromatic N) is 3. The molecule has 0 spiro atoms. The predicted octanol–water partition coefficient (Wildman–Crippen LogP) is 2.26. The van der Waals surface area contributed by atoms with Crippen LogP contribution in [0.25, 0.3) is 0 Å². The Morgan fingerprint density at radius 2 is 2.37 bits per heavy atom. The van der Waals surface area contributed by atoms with E-state index in [0.717, 1.165) is 11.0 Å². The summed E-state index contributed by atoms with van der Waals surface area (Å²) in [6.45, 7) is 5.40. The molecule has 0 aliphatic heterocycles. The number of amides is 1. The van der Waals surface area contributed by atoms with E-state index in [2.05, 4.69) is 32.3 Å². The summed E-state index contributed by atoms with van der Waals surface area (Å²) in [5.74, 6) is 0.318. The van der Waals surface area contributed by atoms with Gasteiger partial charge in [0.2, 0.25) is 5.91 Å². The lowest BCUT2D eigenvalue weighted by Gasteiger charge is -2.20. The van der Waals surface area contributed by atoms with Crippen molar-refractivity contribution in [2.45, 2.75) is 13.8 Å². The maximum atomic E-state index is 11.8. The Labute approximate surface area is 121 Å². The Bertz CT molecular complexity index is 455. The topological polar surface area (TPSA) is 69.0 Å². The Balaban J connectivity index is 2.49. The van der Waals surface area contributed by atoms with Crippen molar-refractivity contribution in [3.8, 4) is 6.07 Å². The highest BCUT2D eigenvalue weighted by atomic mass is 79.9. The van der Waals surface area contributed by atoms with Crippen LogP contribution < -0.4 is 5.32 Å². The number of aromatic nitrogens is 1. The van der Waals surface area contributed by atoms with Crippen LogP contribution in [0.3, 0.4) is 0 Å². The number of nitriles is 1. The van der Waals surface area contributed by atoms with Gasteiger partial charge in [0.25, 0.3) is 0 Å². The SMILES string of the molecule is CCN(CC(=O)Nc1ccc(Br)cn1)CC(C)C#N. The summed E-state index contributed by atoms with van der Waals surface area (Å²) in [6, 6.07) is 5.72. The number of likely N-dealkylation sites (N-methyl/N-ethyl adjacent to an activating group) is 1. The van der Waals surface area contributed by atoms with Crippen molar-refractivity contribution < 1.29 is 4.79 Å². The Hall–Kier alpha value is -1.45. The lowest BCUT2D eigenvalue weighted by Crippen LogP contribution is -2.35. The van der Waals surface area contributed by atoms with Gasteiger partial charge >= 0.3 is 0 Å². The van der Waals surface area contributed by atoms with Gasteiger partial charge in [-0.25, -0.2) is 4.98 Å². The molecule has 6 heteroatoms. The first-order chi connectivity index (χ1) is 9.05. The van der Waals surface area contributed by atoms with E-state index in [1.54, 1.807) is 12.3 Å². The van der Waals surface area contributed by atoms with Crippen LogP contribution in [0, 0.1) is 17.2 Å². The van der Waals surface area contributed by atoms with Gasteiger partial charge in [-0.2, -0.15) is 5.26 Å². The van der Waals surface area contributed by atoms with Crippen LogP contribution in [-0.2, 0) is 4.79 Å². The molecule has 0 aromatic carbocycles. The summed E-state index contributed by atoms with van der Waals surface area (Å²) in [4.78, 5) is 17.9. The zero-order valence-corrected chi connectivity index (χ0v) is 12.6. The predicted molar refractivity (Wildman–Crippen MR) is 77.5 cm³/mol. The average molecular weight is 325 g/mol. The molecule has 0 saturated heterocycles. The van der Waals surface area contributed by atoms with Crippen LogP contribution >= 0.6 is 15.9 Å². The summed E-state index contributed by atoms with van der Waals surface area (Å²) in [7, 11) is 0. The molecule has 1 atom stereocenters. The van der Waals surface area contributed by atoms with E-state index >= 15 is 0 Å². The third kappa shape index (κ3) is 5.81. The molecule has 0 aliphatic carbocycles. The first-order valence-corrected chi connectivity index (χ1v) is 6.87. The second kappa shape index (κ2) is 7.87. The standard InChI is InChI=1S/C13H17BrN4O/c1-3-18(8-10(2)6-15)9-13(19)17-12-5-4-11(14)7-16-12/h4-5,7,10H,3,8-9H2,1-2H3,(H,16,17,19). The van der Waals surface area contributed by atoms with Crippen molar-refractivity contribution >= 4 is 27.7 Å². The molecule has 0 fully saturated rings. The molecule has 1 amide bonds. The minimum Gasteiger partial charge on any atom is -0.310 e. The van der Waals surface area contributed by atoms with Gasteiger partial charge in [-0.3, -0.25) is 9.69 Å². The van der Waals surface area contributed by atoms with E-state index in [-0.39, 0.29) is 18.4 Å². The number of anilines is 1. The molecule has 0 aliphatic rings. The lowest BCUT2D eigenvalue weighted by molar-refractivity contribution is -0.117. The van der Waals surface area contributed by atoms with Crippen molar-refractivity contribution in [2.75, 3.05) is 25.0 Å².